The van der Waals surface area contributed by atoms with Gasteiger partial charge in [0.05, 0.1) is 0 Å². The highest BCUT2D eigenvalue weighted by Crippen LogP contribution is 2.06. The molecule has 0 unspecified atom stereocenters. The quantitative estimate of drug-likeness (QED) is 0.419. The SMILES string of the molecule is CCCCCCCCN(CC)[SiH](C)C. The van der Waals surface area contributed by atoms with Gasteiger partial charge in [-0.15, -0.1) is 0 Å². The van der Waals surface area contributed by atoms with Crippen LogP contribution in [0.3, 0.4) is 0 Å². The van der Waals surface area contributed by atoms with Gasteiger partial charge < -0.3 is 4.57 Å². The van der Waals surface area contributed by atoms with Gasteiger partial charge in [-0.25, -0.2) is 0 Å². The van der Waals surface area contributed by atoms with Crippen molar-refractivity contribution in [2.24, 2.45) is 0 Å². The Kier molecular flexibility index (Phi) is 9.84. The van der Waals surface area contributed by atoms with E-state index in [4.69, 9.17) is 0 Å². The van der Waals surface area contributed by atoms with Crippen LogP contribution in [-0.4, -0.2) is 26.6 Å². The monoisotopic (exact) mass is 215 g/mol. The predicted molar refractivity (Wildman–Crippen MR) is 69.5 cm³/mol. The molecule has 0 aromatic carbocycles. The van der Waals surface area contributed by atoms with Crippen molar-refractivity contribution in [3.63, 3.8) is 0 Å². The van der Waals surface area contributed by atoms with Crippen molar-refractivity contribution < 1.29 is 0 Å². The Balaban J connectivity index is 3.25. The summed E-state index contributed by atoms with van der Waals surface area (Å²) in [6, 6.07) is 0. The summed E-state index contributed by atoms with van der Waals surface area (Å²) in [6.07, 6.45) is 8.55. The lowest BCUT2D eigenvalue weighted by molar-refractivity contribution is 0.432. The van der Waals surface area contributed by atoms with Gasteiger partial charge in [0.15, 0.2) is 0 Å². The first-order valence-electron chi connectivity index (χ1n) is 6.46. The molecule has 0 fully saturated rings. The summed E-state index contributed by atoms with van der Waals surface area (Å²) in [6.45, 7) is 12.1. The number of unbranched alkanes of at least 4 members (excludes halogenated alkanes) is 5. The summed E-state index contributed by atoms with van der Waals surface area (Å²) in [5, 5.41) is 0. The van der Waals surface area contributed by atoms with Gasteiger partial charge in [0, 0.05) is 0 Å². The maximum absolute atomic E-state index is 2.69. The average Bonchev–Trinajstić information content (AvgIpc) is 2.16. The maximum Gasteiger partial charge on any atom is 0.105 e. The first kappa shape index (κ1) is 14.2. The van der Waals surface area contributed by atoms with Crippen molar-refractivity contribution in [1.82, 2.24) is 4.57 Å². The van der Waals surface area contributed by atoms with Gasteiger partial charge in [-0.1, -0.05) is 59.0 Å². The topological polar surface area (TPSA) is 3.24 Å². The van der Waals surface area contributed by atoms with Crippen LogP contribution in [0.2, 0.25) is 13.1 Å². The zero-order valence-electron chi connectivity index (χ0n) is 10.7. The van der Waals surface area contributed by atoms with Crippen LogP contribution in [0.25, 0.3) is 0 Å². The summed E-state index contributed by atoms with van der Waals surface area (Å²) in [4.78, 5) is 0. The third kappa shape index (κ3) is 7.57. The number of rotatable bonds is 9. The van der Waals surface area contributed by atoms with Crippen LogP contribution in [0.5, 0.6) is 0 Å². The molecule has 0 amide bonds. The Morgan fingerprint density at radius 1 is 0.857 bits per heavy atom. The summed E-state index contributed by atoms with van der Waals surface area (Å²) < 4.78 is 2.69. The van der Waals surface area contributed by atoms with Crippen molar-refractivity contribution in [3.05, 3.63) is 0 Å². The number of nitrogens with zero attached hydrogens (tertiary/aromatic N) is 1. The Hall–Kier alpha value is 0.177. The molecule has 0 radical (unpaired) electrons. The second-order valence-corrected chi connectivity index (χ2v) is 7.41. The third-order valence-corrected chi connectivity index (χ3v) is 5.02. The van der Waals surface area contributed by atoms with Crippen molar-refractivity contribution in [2.45, 2.75) is 65.5 Å². The Bertz CT molecular complexity index is 115. The molecule has 0 N–H and O–H groups in total. The molecule has 0 heterocycles. The van der Waals surface area contributed by atoms with Crippen molar-refractivity contribution in [3.8, 4) is 0 Å². The first-order valence-corrected chi connectivity index (χ1v) is 9.29. The lowest BCUT2D eigenvalue weighted by atomic mass is 10.1. The van der Waals surface area contributed by atoms with E-state index in [0.717, 1.165) is 0 Å². The summed E-state index contributed by atoms with van der Waals surface area (Å²) in [5.74, 6) is 0. The molecule has 0 saturated carbocycles. The van der Waals surface area contributed by atoms with Gasteiger partial charge in [0.25, 0.3) is 0 Å². The van der Waals surface area contributed by atoms with Crippen LogP contribution < -0.4 is 0 Å². The van der Waals surface area contributed by atoms with Gasteiger partial charge in [-0.05, 0) is 19.5 Å². The van der Waals surface area contributed by atoms with Crippen LogP contribution in [0.4, 0.5) is 0 Å². The maximum atomic E-state index is 2.69. The fraction of sp³-hybridized carbons (Fsp3) is 1.00. The van der Waals surface area contributed by atoms with Crippen LogP contribution >= 0.6 is 0 Å². The largest absolute Gasteiger partial charge is 0.327 e. The van der Waals surface area contributed by atoms with E-state index in [1.54, 1.807) is 0 Å². The smallest absolute Gasteiger partial charge is 0.105 e. The lowest BCUT2D eigenvalue weighted by Crippen LogP contribution is -2.35. The lowest BCUT2D eigenvalue weighted by Gasteiger charge is -2.23. The van der Waals surface area contributed by atoms with E-state index in [0.29, 0.717) is 0 Å². The van der Waals surface area contributed by atoms with E-state index in [-0.39, 0.29) is 0 Å². The van der Waals surface area contributed by atoms with E-state index < -0.39 is 8.96 Å². The minimum atomic E-state index is -0.517. The molecule has 0 saturated heterocycles. The molecule has 14 heavy (non-hydrogen) atoms. The fourth-order valence-corrected chi connectivity index (χ4v) is 3.31. The van der Waals surface area contributed by atoms with Gasteiger partial charge in [-0.3, -0.25) is 0 Å². The minimum absolute atomic E-state index is 0.517. The first-order chi connectivity index (χ1) is 6.72. The summed E-state index contributed by atoms with van der Waals surface area (Å²) in [7, 11) is -0.517. The number of hydrogen-bond donors (Lipinski definition) is 0. The van der Waals surface area contributed by atoms with E-state index in [2.05, 4.69) is 31.5 Å². The second-order valence-electron chi connectivity index (χ2n) is 4.49. The highest BCUT2D eigenvalue weighted by Gasteiger charge is 2.06. The Morgan fingerprint density at radius 2 is 1.43 bits per heavy atom. The van der Waals surface area contributed by atoms with Crippen LogP contribution in [0.1, 0.15) is 52.4 Å². The van der Waals surface area contributed by atoms with Gasteiger partial charge >= 0.3 is 0 Å². The Morgan fingerprint density at radius 3 is 1.93 bits per heavy atom. The molecule has 86 valence electrons. The molecule has 0 aliphatic heterocycles. The normalized spacial score (nSPS) is 11.6. The number of hydrogen-bond acceptors (Lipinski definition) is 1. The molecule has 0 rings (SSSR count). The molecule has 0 aliphatic rings. The van der Waals surface area contributed by atoms with E-state index in [1.807, 2.05) is 0 Å². The van der Waals surface area contributed by atoms with Gasteiger partial charge in [-0.2, -0.15) is 0 Å². The molecule has 0 spiro atoms. The fourth-order valence-electron chi connectivity index (χ4n) is 1.88. The van der Waals surface area contributed by atoms with E-state index in [1.165, 1.54) is 51.6 Å². The zero-order chi connectivity index (χ0) is 10.8. The molecule has 0 aromatic heterocycles. The molecule has 1 nitrogen and oxygen atoms in total. The standard InChI is InChI=1S/C12H29NSi/c1-5-7-8-9-10-11-12-13(6-2)14(3)4/h14H,5-12H2,1-4H3. The van der Waals surface area contributed by atoms with Gasteiger partial charge in [0.1, 0.15) is 8.96 Å². The van der Waals surface area contributed by atoms with Crippen LogP contribution in [-0.2, 0) is 0 Å². The molecule has 0 aliphatic carbocycles. The molecule has 2 heteroatoms. The molecule has 0 aromatic rings. The minimum Gasteiger partial charge on any atom is -0.327 e. The van der Waals surface area contributed by atoms with Crippen molar-refractivity contribution in [1.29, 1.82) is 0 Å². The predicted octanol–water partition coefficient (Wildman–Crippen LogP) is 3.65. The molecule has 0 bridgehead atoms. The van der Waals surface area contributed by atoms with Crippen molar-refractivity contribution >= 4 is 8.96 Å². The molecular weight excluding hydrogens is 186 g/mol. The van der Waals surface area contributed by atoms with E-state index in [9.17, 15) is 0 Å². The Labute approximate surface area is 92.6 Å². The zero-order valence-corrected chi connectivity index (χ0v) is 11.8. The summed E-state index contributed by atoms with van der Waals surface area (Å²) >= 11 is 0. The highest BCUT2D eigenvalue weighted by molar-refractivity contribution is 6.52. The van der Waals surface area contributed by atoms with Crippen molar-refractivity contribution in [2.75, 3.05) is 13.1 Å². The van der Waals surface area contributed by atoms with Gasteiger partial charge in [0.2, 0.25) is 0 Å². The third-order valence-electron chi connectivity index (χ3n) is 2.94. The van der Waals surface area contributed by atoms with E-state index >= 15 is 0 Å². The van der Waals surface area contributed by atoms with Crippen LogP contribution in [0.15, 0.2) is 0 Å². The highest BCUT2D eigenvalue weighted by atomic mass is 28.3. The summed E-state index contributed by atoms with van der Waals surface area (Å²) in [5.41, 5.74) is 0. The molecular formula is C12H29NSi. The average molecular weight is 215 g/mol. The molecule has 0 atom stereocenters. The second kappa shape index (κ2) is 9.72. The van der Waals surface area contributed by atoms with Crippen LogP contribution in [0, 0.1) is 0 Å².